The molecule has 0 aliphatic rings. The summed E-state index contributed by atoms with van der Waals surface area (Å²) in [6.45, 7) is 4.09. The van der Waals surface area contributed by atoms with Gasteiger partial charge in [-0.2, -0.15) is 5.10 Å². The van der Waals surface area contributed by atoms with Gasteiger partial charge in [-0.25, -0.2) is 0 Å². The van der Waals surface area contributed by atoms with Crippen LogP contribution in [-0.4, -0.2) is 16.9 Å². The standard InChI is InChI=1S/C16H22ClN3O/c1-5-13-16(17)14(20(3)19-13)9-12(18)11-8-10(2)6-7-15(11)21-4/h6-8,12H,5,9,18H2,1-4H3. The van der Waals surface area contributed by atoms with Crippen LogP contribution in [0.3, 0.4) is 0 Å². The van der Waals surface area contributed by atoms with Crippen LogP contribution >= 0.6 is 11.6 Å². The summed E-state index contributed by atoms with van der Waals surface area (Å²) >= 11 is 6.40. The van der Waals surface area contributed by atoms with Crippen molar-refractivity contribution in [3.05, 3.63) is 45.7 Å². The maximum atomic E-state index is 6.40. The van der Waals surface area contributed by atoms with Gasteiger partial charge in [0.25, 0.3) is 0 Å². The minimum atomic E-state index is -0.183. The smallest absolute Gasteiger partial charge is 0.123 e. The third-order valence-corrected chi connectivity index (χ3v) is 4.14. The monoisotopic (exact) mass is 307 g/mol. The summed E-state index contributed by atoms with van der Waals surface area (Å²) in [7, 11) is 3.56. The third kappa shape index (κ3) is 3.22. The average molecular weight is 308 g/mol. The molecule has 0 amide bonds. The second-order valence-electron chi connectivity index (χ2n) is 5.24. The zero-order chi connectivity index (χ0) is 15.6. The molecule has 1 heterocycles. The second-order valence-corrected chi connectivity index (χ2v) is 5.62. The molecule has 1 atom stereocenters. The predicted molar refractivity (Wildman–Crippen MR) is 86.0 cm³/mol. The number of nitrogens with zero attached hydrogens (tertiary/aromatic N) is 2. The first-order valence-electron chi connectivity index (χ1n) is 7.08. The van der Waals surface area contributed by atoms with Gasteiger partial charge in [0.1, 0.15) is 5.75 Å². The van der Waals surface area contributed by atoms with E-state index in [0.29, 0.717) is 6.42 Å². The highest BCUT2D eigenvalue weighted by atomic mass is 35.5. The normalized spacial score (nSPS) is 12.5. The van der Waals surface area contributed by atoms with Gasteiger partial charge in [-0.15, -0.1) is 0 Å². The fourth-order valence-corrected chi connectivity index (χ4v) is 2.87. The molecule has 21 heavy (non-hydrogen) atoms. The Morgan fingerprint density at radius 1 is 1.43 bits per heavy atom. The van der Waals surface area contributed by atoms with Gasteiger partial charge in [0.05, 0.1) is 23.5 Å². The molecule has 5 heteroatoms. The van der Waals surface area contributed by atoms with Crippen molar-refractivity contribution in [1.29, 1.82) is 0 Å². The van der Waals surface area contributed by atoms with Crippen LogP contribution in [0.4, 0.5) is 0 Å². The van der Waals surface area contributed by atoms with Crippen molar-refractivity contribution in [2.45, 2.75) is 32.7 Å². The van der Waals surface area contributed by atoms with Crippen LogP contribution in [-0.2, 0) is 19.9 Å². The highest BCUT2D eigenvalue weighted by molar-refractivity contribution is 6.31. The largest absolute Gasteiger partial charge is 0.496 e. The van der Waals surface area contributed by atoms with Crippen LogP contribution in [0.1, 0.15) is 35.5 Å². The summed E-state index contributed by atoms with van der Waals surface area (Å²) in [4.78, 5) is 0. The van der Waals surface area contributed by atoms with Crippen LogP contribution in [0.25, 0.3) is 0 Å². The van der Waals surface area contributed by atoms with Crippen molar-refractivity contribution < 1.29 is 4.74 Å². The van der Waals surface area contributed by atoms with Crippen LogP contribution in [0, 0.1) is 6.92 Å². The zero-order valence-corrected chi connectivity index (χ0v) is 13.7. The number of nitrogens with two attached hydrogens (primary N) is 1. The molecule has 2 rings (SSSR count). The first-order valence-corrected chi connectivity index (χ1v) is 7.46. The van der Waals surface area contributed by atoms with E-state index in [9.17, 15) is 0 Å². The zero-order valence-electron chi connectivity index (χ0n) is 13.0. The lowest BCUT2D eigenvalue weighted by molar-refractivity contribution is 0.405. The molecule has 0 spiro atoms. The Balaban J connectivity index is 2.32. The molecule has 0 aliphatic heterocycles. The lowest BCUT2D eigenvalue weighted by atomic mass is 9.99. The van der Waals surface area contributed by atoms with E-state index in [4.69, 9.17) is 22.1 Å². The lowest BCUT2D eigenvalue weighted by Crippen LogP contribution is -2.16. The molecule has 0 aliphatic carbocycles. The molecule has 0 bridgehead atoms. The number of halogens is 1. The molecule has 2 aromatic rings. The number of hydrogen-bond donors (Lipinski definition) is 1. The second kappa shape index (κ2) is 6.50. The quantitative estimate of drug-likeness (QED) is 0.923. The van der Waals surface area contributed by atoms with Gasteiger partial charge in [0.2, 0.25) is 0 Å². The molecule has 1 unspecified atom stereocenters. The number of hydrogen-bond acceptors (Lipinski definition) is 3. The Labute approximate surface area is 130 Å². The van der Waals surface area contributed by atoms with E-state index in [1.54, 1.807) is 7.11 Å². The first-order chi connectivity index (χ1) is 9.97. The average Bonchev–Trinajstić information content (AvgIpc) is 2.74. The molecule has 0 fully saturated rings. The number of aryl methyl sites for hydroxylation is 3. The van der Waals surface area contributed by atoms with Crippen molar-refractivity contribution in [3.8, 4) is 5.75 Å². The van der Waals surface area contributed by atoms with Crippen molar-refractivity contribution in [3.63, 3.8) is 0 Å². The minimum absolute atomic E-state index is 0.183. The number of ether oxygens (including phenoxy) is 1. The number of aromatic nitrogens is 2. The Kier molecular flexibility index (Phi) is 4.91. The summed E-state index contributed by atoms with van der Waals surface area (Å²) in [5.74, 6) is 0.808. The van der Waals surface area contributed by atoms with E-state index >= 15 is 0 Å². The van der Waals surface area contributed by atoms with Crippen molar-refractivity contribution in [2.75, 3.05) is 7.11 Å². The molecule has 4 nitrogen and oxygen atoms in total. The SMILES string of the molecule is CCc1nn(C)c(CC(N)c2cc(C)ccc2OC)c1Cl. The fourth-order valence-electron chi connectivity index (χ4n) is 2.50. The lowest BCUT2D eigenvalue weighted by Gasteiger charge is -2.17. The molecule has 114 valence electrons. The summed E-state index contributed by atoms with van der Waals surface area (Å²) in [6, 6.07) is 5.85. The van der Waals surface area contributed by atoms with Crippen LogP contribution in [0.15, 0.2) is 18.2 Å². The Bertz CT molecular complexity index is 637. The third-order valence-electron chi connectivity index (χ3n) is 3.70. The van der Waals surface area contributed by atoms with Gasteiger partial charge in [-0.1, -0.05) is 36.2 Å². The van der Waals surface area contributed by atoms with E-state index in [0.717, 1.165) is 39.7 Å². The molecule has 0 radical (unpaired) electrons. The highest BCUT2D eigenvalue weighted by Crippen LogP contribution is 2.30. The Morgan fingerprint density at radius 2 is 2.14 bits per heavy atom. The van der Waals surface area contributed by atoms with Gasteiger partial charge >= 0.3 is 0 Å². The Hall–Kier alpha value is -1.52. The maximum Gasteiger partial charge on any atom is 0.123 e. The van der Waals surface area contributed by atoms with Crippen LogP contribution < -0.4 is 10.5 Å². The van der Waals surface area contributed by atoms with Gasteiger partial charge in [-0.05, 0) is 19.4 Å². The summed E-state index contributed by atoms with van der Waals surface area (Å²) < 4.78 is 7.23. The van der Waals surface area contributed by atoms with Gasteiger partial charge in [0.15, 0.2) is 0 Å². The maximum absolute atomic E-state index is 6.40. The molecule has 1 aromatic heterocycles. The summed E-state index contributed by atoms with van der Waals surface area (Å²) in [5, 5.41) is 5.16. The first kappa shape index (κ1) is 15.9. The topological polar surface area (TPSA) is 53.1 Å². The van der Waals surface area contributed by atoms with Gasteiger partial charge in [-0.3, -0.25) is 4.68 Å². The highest BCUT2D eigenvalue weighted by Gasteiger charge is 2.19. The number of rotatable bonds is 5. The van der Waals surface area contributed by atoms with Crippen molar-refractivity contribution in [2.24, 2.45) is 12.8 Å². The summed E-state index contributed by atoms with van der Waals surface area (Å²) in [5.41, 5.74) is 10.4. The summed E-state index contributed by atoms with van der Waals surface area (Å²) in [6.07, 6.45) is 1.44. The molecule has 0 saturated heterocycles. The Morgan fingerprint density at radius 3 is 2.71 bits per heavy atom. The molecule has 0 saturated carbocycles. The molecule has 1 aromatic carbocycles. The fraction of sp³-hybridized carbons (Fsp3) is 0.438. The molecule has 2 N–H and O–H groups in total. The molecular weight excluding hydrogens is 286 g/mol. The predicted octanol–water partition coefficient (Wildman–Crippen LogP) is 3.20. The van der Waals surface area contributed by atoms with E-state index < -0.39 is 0 Å². The van der Waals surface area contributed by atoms with Gasteiger partial charge < -0.3 is 10.5 Å². The molecular formula is C16H22ClN3O. The van der Waals surface area contributed by atoms with E-state index in [1.807, 2.05) is 37.7 Å². The van der Waals surface area contributed by atoms with E-state index in [1.165, 1.54) is 0 Å². The van der Waals surface area contributed by atoms with Crippen molar-refractivity contribution in [1.82, 2.24) is 9.78 Å². The van der Waals surface area contributed by atoms with E-state index in [2.05, 4.69) is 11.2 Å². The number of benzene rings is 1. The van der Waals surface area contributed by atoms with Crippen LogP contribution in [0.2, 0.25) is 5.02 Å². The minimum Gasteiger partial charge on any atom is -0.496 e. The van der Waals surface area contributed by atoms with Crippen molar-refractivity contribution >= 4 is 11.6 Å². The number of methoxy groups -OCH3 is 1. The van der Waals surface area contributed by atoms with Gasteiger partial charge in [0, 0.05) is 25.1 Å². The van der Waals surface area contributed by atoms with E-state index in [-0.39, 0.29) is 6.04 Å². The van der Waals surface area contributed by atoms with Crippen LogP contribution in [0.5, 0.6) is 5.75 Å².